The molecule has 0 bridgehead atoms. The maximum absolute atomic E-state index is 12.7. The first-order chi connectivity index (χ1) is 15.9. The number of nitrogens with one attached hydrogen (secondary N) is 1. The summed E-state index contributed by atoms with van der Waals surface area (Å²) in [6.07, 6.45) is 3.29. The molecule has 0 aliphatic carbocycles. The minimum atomic E-state index is -0.259. The van der Waals surface area contributed by atoms with Crippen molar-refractivity contribution in [2.24, 2.45) is 0 Å². The van der Waals surface area contributed by atoms with E-state index in [1.807, 2.05) is 63.2 Å². The van der Waals surface area contributed by atoms with E-state index in [0.29, 0.717) is 11.6 Å². The third kappa shape index (κ3) is 4.46. The zero-order valence-electron chi connectivity index (χ0n) is 19.4. The Morgan fingerprint density at radius 3 is 2.58 bits per heavy atom. The summed E-state index contributed by atoms with van der Waals surface area (Å²) >= 11 is 0. The summed E-state index contributed by atoms with van der Waals surface area (Å²) in [5.74, 6) is 1.69. The van der Waals surface area contributed by atoms with Crippen LogP contribution < -0.4 is 14.8 Å². The Morgan fingerprint density at radius 2 is 1.85 bits per heavy atom. The van der Waals surface area contributed by atoms with Crippen molar-refractivity contribution in [3.8, 4) is 22.6 Å². The predicted octanol–water partition coefficient (Wildman–Crippen LogP) is 6.17. The van der Waals surface area contributed by atoms with Gasteiger partial charge in [0.15, 0.2) is 0 Å². The molecule has 0 unspecified atom stereocenters. The van der Waals surface area contributed by atoms with Crippen LogP contribution in [0.5, 0.6) is 11.5 Å². The molecule has 0 radical (unpaired) electrons. The Balaban J connectivity index is 1.77. The van der Waals surface area contributed by atoms with Crippen LogP contribution in [0.4, 0.5) is 5.82 Å². The Bertz CT molecular complexity index is 1370. The van der Waals surface area contributed by atoms with Crippen molar-refractivity contribution in [1.29, 1.82) is 0 Å². The fourth-order valence-electron chi connectivity index (χ4n) is 3.94. The minimum absolute atomic E-state index is 0.259. The number of fused-ring (bicyclic) bond motifs is 1. The number of rotatable bonds is 6. The number of furan rings is 1. The number of benzene rings is 2. The van der Waals surface area contributed by atoms with E-state index in [1.54, 1.807) is 32.6 Å². The molecule has 1 N–H and O–H groups in total. The average Bonchev–Trinajstić information content (AvgIpc) is 3.23. The van der Waals surface area contributed by atoms with Crippen LogP contribution in [-0.4, -0.2) is 25.1 Å². The highest BCUT2D eigenvalue weighted by molar-refractivity contribution is 6.05. The van der Waals surface area contributed by atoms with Gasteiger partial charge in [-0.25, -0.2) is 4.98 Å². The van der Waals surface area contributed by atoms with Gasteiger partial charge in [0, 0.05) is 33.8 Å². The van der Waals surface area contributed by atoms with Gasteiger partial charge in [-0.05, 0) is 62.2 Å². The van der Waals surface area contributed by atoms with Gasteiger partial charge in [-0.3, -0.25) is 4.79 Å². The Hall–Kier alpha value is -4.06. The number of allylic oxidation sites excluding steroid dienone is 1. The van der Waals surface area contributed by atoms with E-state index in [4.69, 9.17) is 13.9 Å². The lowest BCUT2D eigenvalue weighted by Gasteiger charge is -2.13. The van der Waals surface area contributed by atoms with E-state index >= 15 is 0 Å². The van der Waals surface area contributed by atoms with Crippen LogP contribution in [0.25, 0.3) is 27.7 Å². The lowest BCUT2D eigenvalue weighted by molar-refractivity contribution is -0.111. The first kappa shape index (κ1) is 22.1. The van der Waals surface area contributed by atoms with E-state index in [0.717, 1.165) is 50.2 Å². The fourth-order valence-corrected chi connectivity index (χ4v) is 3.94. The molecule has 2 heterocycles. The highest BCUT2D eigenvalue weighted by atomic mass is 16.5. The highest BCUT2D eigenvalue weighted by Crippen LogP contribution is 2.41. The van der Waals surface area contributed by atoms with Gasteiger partial charge in [0.05, 0.1) is 20.5 Å². The molecule has 0 aliphatic heterocycles. The molecular formula is C27H26N2O4. The molecule has 168 valence electrons. The van der Waals surface area contributed by atoms with Gasteiger partial charge in [0.25, 0.3) is 0 Å². The van der Waals surface area contributed by atoms with Crippen molar-refractivity contribution in [2.75, 3.05) is 19.5 Å². The number of methoxy groups -OCH3 is 2. The van der Waals surface area contributed by atoms with Crippen LogP contribution in [0.2, 0.25) is 0 Å². The molecule has 33 heavy (non-hydrogen) atoms. The summed E-state index contributed by atoms with van der Waals surface area (Å²) in [7, 11) is 3.26. The molecule has 4 aromatic rings. The zero-order valence-corrected chi connectivity index (χ0v) is 19.4. The third-order valence-corrected chi connectivity index (χ3v) is 5.54. The molecule has 0 aliphatic rings. The minimum Gasteiger partial charge on any atom is -0.497 e. The van der Waals surface area contributed by atoms with E-state index in [9.17, 15) is 4.79 Å². The first-order valence-corrected chi connectivity index (χ1v) is 10.6. The monoisotopic (exact) mass is 442 g/mol. The van der Waals surface area contributed by atoms with E-state index < -0.39 is 0 Å². The zero-order chi connectivity index (χ0) is 23.5. The van der Waals surface area contributed by atoms with E-state index in [-0.39, 0.29) is 5.91 Å². The topological polar surface area (TPSA) is 73.6 Å². The summed E-state index contributed by atoms with van der Waals surface area (Å²) in [4.78, 5) is 17.0. The molecule has 0 atom stereocenters. The smallest absolute Gasteiger partial charge is 0.249 e. The van der Waals surface area contributed by atoms with Crippen LogP contribution in [-0.2, 0) is 4.79 Å². The molecule has 6 nitrogen and oxygen atoms in total. The van der Waals surface area contributed by atoms with Crippen LogP contribution >= 0.6 is 0 Å². The van der Waals surface area contributed by atoms with Crippen LogP contribution in [0, 0.1) is 13.8 Å². The van der Waals surface area contributed by atoms with Gasteiger partial charge in [0.1, 0.15) is 22.9 Å². The molecule has 4 rings (SSSR count). The molecule has 2 aromatic heterocycles. The average molecular weight is 443 g/mol. The van der Waals surface area contributed by atoms with Crippen LogP contribution in [0.1, 0.15) is 23.7 Å². The van der Waals surface area contributed by atoms with Gasteiger partial charge in [-0.2, -0.15) is 0 Å². The fraction of sp³-hybridized carbons (Fsp3) is 0.185. The number of carbonyl (C=O) groups excluding carboxylic acids is 1. The van der Waals surface area contributed by atoms with Gasteiger partial charge in [-0.1, -0.05) is 18.2 Å². The van der Waals surface area contributed by atoms with Gasteiger partial charge in [0.2, 0.25) is 5.91 Å². The van der Waals surface area contributed by atoms with Crippen LogP contribution in [0.15, 0.2) is 65.3 Å². The Morgan fingerprint density at radius 1 is 1.06 bits per heavy atom. The summed E-state index contributed by atoms with van der Waals surface area (Å²) in [5.41, 5.74) is 5.95. The summed E-state index contributed by atoms with van der Waals surface area (Å²) in [6, 6.07) is 15.3. The van der Waals surface area contributed by atoms with Gasteiger partial charge >= 0.3 is 0 Å². The number of amides is 1. The second-order valence-corrected chi connectivity index (χ2v) is 7.82. The standard InChI is InChI=1S/C27H26N2O4/c1-16(12-25(30)29-24-11-6-8-17(2)28-24)21-14-22-23(19-9-7-10-20(13-19)31-4)15-33-27(22)18(3)26(21)32-5/h6-15H,1-5H3,(H,28,29,30)/b16-12+. The number of hydrogen-bond acceptors (Lipinski definition) is 5. The molecule has 0 spiro atoms. The molecule has 2 aromatic carbocycles. The molecule has 0 saturated heterocycles. The number of nitrogens with zero attached hydrogens (tertiary/aromatic N) is 1. The number of hydrogen-bond donors (Lipinski definition) is 1. The summed E-state index contributed by atoms with van der Waals surface area (Å²) in [5, 5.41) is 3.75. The molecule has 0 saturated carbocycles. The van der Waals surface area contributed by atoms with Crippen LogP contribution in [0.3, 0.4) is 0 Å². The number of carbonyl (C=O) groups is 1. The van der Waals surface area contributed by atoms with Crippen molar-refractivity contribution >= 4 is 28.3 Å². The quantitative estimate of drug-likeness (QED) is 0.362. The Labute approximate surface area is 192 Å². The van der Waals surface area contributed by atoms with E-state index in [2.05, 4.69) is 10.3 Å². The number of aromatic nitrogens is 1. The van der Waals surface area contributed by atoms with Crippen molar-refractivity contribution in [1.82, 2.24) is 4.98 Å². The number of ether oxygens (including phenoxy) is 2. The maximum Gasteiger partial charge on any atom is 0.249 e. The van der Waals surface area contributed by atoms with Crippen molar-refractivity contribution in [3.05, 3.63) is 77.7 Å². The van der Waals surface area contributed by atoms with Crippen molar-refractivity contribution in [2.45, 2.75) is 20.8 Å². The first-order valence-electron chi connectivity index (χ1n) is 10.6. The molecular weight excluding hydrogens is 416 g/mol. The van der Waals surface area contributed by atoms with E-state index in [1.165, 1.54) is 0 Å². The summed E-state index contributed by atoms with van der Waals surface area (Å²) in [6.45, 7) is 5.72. The van der Waals surface area contributed by atoms with Crippen molar-refractivity contribution in [3.63, 3.8) is 0 Å². The molecule has 6 heteroatoms. The largest absolute Gasteiger partial charge is 0.497 e. The number of pyridine rings is 1. The van der Waals surface area contributed by atoms with Gasteiger partial charge in [-0.15, -0.1) is 0 Å². The lowest BCUT2D eigenvalue weighted by atomic mass is 9.96. The third-order valence-electron chi connectivity index (χ3n) is 5.54. The highest BCUT2D eigenvalue weighted by Gasteiger charge is 2.19. The van der Waals surface area contributed by atoms with Gasteiger partial charge < -0.3 is 19.2 Å². The second kappa shape index (κ2) is 9.20. The molecule has 1 amide bonds. The number of anilines is 1. The SMILES string of the molecule is COc1cccc(-c2coc3c(C)c(OC)c(/C(C)=C/C(=O)Nc4cccc(C)n4)cc23)c1. The second-order valence-electron chi connectivity index (χ2n) is 7.82. The number of aryl methyl sites for hydroxylation is 2. The summed E-state index contributed by atoms with van der Waals surface area (Å²) < 4.78 is 17.0. The Kier molecular flexibility index (Phi) is 6.18. The molecule has 0 fully saturated rings. The lowest BCUT2D eigenvalue weighted by Crippen LogP contribution is -2.10. The maximum atomic E-state index is 12.7. The van der Waals surface area contributed by atoms with Crippen molar-refractivity contribution < 1.29 is 18.7 Å². The predicted molar refractivity (Wildman–Crippen MR) is 131 cm³/mol. The normalized spacial score (nSPS) is 11.5.